The summed E-state index contributed by atoms with van der Waals surface area (Å²) in [7, 11) is 1.62. The number of nitrogens with one attached hydrogen (secondary N) is 3. The number of rotatable bonds is 7. The first-order chi connectivity index (χ1) is 14.6. The van der Waals surface area contributed by atoms with Crippen LogP contribution >= 0.6 is 12.2 Å². The summed E-state index contributed by atoms with van der Waals surface area (Å²) < 4.78 is 10.5. The highest BCUT2D eigenvalue weighted by Gasteiger charge is 2.07. The maximum absolute atomic E-state index is 12.4. The Kier molecular flexibility index (Phi) is 7.24. The Hall–Kier alpha value is -3.58. The number of amides is 1. The highest BCUT2D eigenvalue weighted by Crippen LogP contribution is 2.18. The standard InChI is InChI=1S/C23H23N3O3S/c1-3-29-21-14-10-17(11-15-21)24-22(27)16-4-6-18(7-5-16)25-23(30)26-19-8-12-20(28-2)13-9-19/h4-15H,3H2,1-2H3,(H,24,27)(H2,25,26,30). The molecule has 3 rings (SSSR count). The molecule has 0 heterocycles. The van der Waals surface area contributed by atoms with Gasteiger partial charge in [-0.05, 0) is 91.9 Å². The van der Waals surface area contributed by atoms with E-state index in [1.807, 2.05) is 55.5 Å². The van der Waals surface area contributed by atoms with Crippen LogP contribution in [-0.4, -0.2) is 24.7 Å². The van der Waals surface area contributed by atoms with Crippen molar-refractivity contribution >= 4 is 40.3 Å². The third kappa shape index (κ3) is 5.96. The Labute approximate surface area is 181 Å². The average Bonchev–Trinajstić information content (AvgIpc) is 2.76. The van der Waals surface area contributed by atoms with E-state index in [4.69, 9.17) is 21.7 Å². The predicted molar refractivity (Wildman–Crippen MR) is 125 cm³/mol. The van der Waals surface area contributed by atoms with Gasteiger partial charge in [-0.15, -0.1) is 0 Å². The van der Waals surface area contributed by atoms with Gasteiger partial charge in [-0.25, -0.2) is 0 Å². The lowest BCUT2D eigenvalue weighted by Crippen LogP contribution is -2.19. The second-order valence-electron chi connectivity index (χ2n) is 6.30. The van der Waals surface area contributed by atoms with E-state index in [9.17, 15) is 4.79 Å². The fourth-order valence-electron chi connectivity index (χ4n) is 2.68. The summed E-state index contributed by atoms with van der Waals surface area (Å²) >= 11 is 5.34. The van der Waals surface area contributed by atoms with Crippen molar-refractivity contribution < 1.29 is 14.3 Å². The number of thiocarbonyl (C=S) groups is 1. The molecule has 0 bridgehead atoms. The second-order valence-corrected chi connectivity index (χ2v) is 6.70. The maximum Gasteiger partial charge on any atom is 0.255 e. The van der Waals surface area contributed by atoms with E-state index >= 15 is 0 Å². The summed E-state index contributed by atoms with van der Waals surface area (Å²) in [6.45, 7) is 2.53. The van der Waals surface area contributed by atoms with E-state index in [1.54, 1.807) is 31.4 Å². The van der Waals surface area contributed by atoms with Crippen molar-refractivity contribution in [3.05, 3.63) is 78.4 Å². The topological polar surface area (TPSA) is 71.6 Å². The average molecular weight is 422 g/mol. The van der Waals surface area contributed by atoms with Gasteiger partial charge in [0.25, 0.3) is 5.91 Å². The van der Waals surface area contributed by atoms with Gasteiger partial charge in [-0.3, -0.25) is 4.79 Å². The lowest BCUT2D eigenvalue weighted by Gasteiger charge is -2.12. The summed E-state index contributed by atoms with van der Waals surface area (Å²) in [4.78, 5) is 12.4. The molecule has 3 aromatic carbocycles. The number of carbonyl (C=O) groups excluding carboxylic acids is 1. The zero-order chi connectivity index (χ0) is 21.3. The Morgan fingerprint density at radius 2 is 1.23 bits per heavy atom. The highest BCUT2D eigenvalue weighted by atomic mass is 32.1. The zero-order valence-corrected chi connectivity index (χ0v) is 17.6. The molecule has 0 aliphatic rings. The molecule has 0 saturated heterocycles. The molecule has 30 heavy (non-hydrogen) atoms. The summed E-state index contributed by atoms with van der Waals surface area (Å²) in [6.07, 6.45) is 0. The van der Waals surface area contributed by atoms with Crippen LogP contribution in [0.4, 0.5) is 17.1 Å². The van der Waals surface area contributed by atoms with E-state index in [0.717, 1.165) is 22.9 Å². The first-order valence-electron chi connectivity index (χ1n) is 9.43. The lowest BCUT2D eigenvalue weighted by molar-refractivity contribution is 0.102. The molecule has 0 atom stereocenters. The molecule has 0 fully saturated rings. The summed E-state index contributed by atoms with van der Waals surface area (Å²) in [6, 6.07) is 21.8. The molecule has 0 radical (unpaired) electrons. The number of benzene rings is 3. The van der Waals surface area contributed by atoms with E-state index in [1.165, 1.54) is 0 Å². The van der Waals surface area contributed by atoms with Crippen LogP contribution in [-0.2, 0) is 0 Å². The molecule has 0 saturated carbocycles. The predicted octanol–water partition coefficient (Wildman–Crippen LogP) is 5.16. The molecule has 0 unspecified atom stereocenters. The fraction of sp³-hybridized carbons (Fsp3) is 0.130. The van der Waals surface area contributed by atoms with Gasteiger partial charge in [0.15, 0.2) is 5.11 Å². The minimum absolute atomic E-state index is 0.190. The van der Waals surface area contributed by atoms with Gasteiger partial charge in [0.1, 0.15) is 11.5 Å². The molecule has 7 heteroatoms. The molecule has 0 aliphatic heterocycles. The van der Waals surface area contributed by atoms with Crippen LogP contribution in [0, 0.1) is 0 Å². The van der Waals surface area contributed by atoms with Crippen molar-refractivity contribution in [1.29, 1.82) is 0 Å². The minimum atomic E-state index is -0.190. The van der Waals surface area contributed by atoms with E-state index in [0.29, 0.717) is 23.0 Å². The molecule has 0 aromatic heterocycles. The number of anilines is 3. The van der Waals surface area contributed by atoms with Crippen molar-refractivity contribution in [2.24, 2.45) is 0 Å². The van der Waals surface area contributed by atoms with Crippen LogP contribution in [0.2, 0.25) is 0 Å². The number of hydrogen-bond donors (Lipinski definition) is 3. The van der Waals surface area contributed by atoms with Gasteiger partial charge in [0, 0.05) is 22.6 Å². The Bertz CT molecular complexity index is 988. The Balaban J connectivity index is 1.54. The number of ether oxygens (including phenoxy) is 2. The SMILES string of the molecule is CCOc1ccc(NC(=O)c2ccc(NC(=S)Nc3ccc(OC)cc3)cc2)cc1. The highest BCUT2D eigenvalue weighted by molar-refractivity contribution is 7.80. The number of carbonyl (C=O) groups is 1. The Morgan fingerprint density at radius 1 is 0.767 bits per heavy atom. The van der Waals surface area contributed by atoms with E-state index < -0.39 is 0 Å². The monoisotopic (exact) mass is 421 g/mol. The summed E-state index contributed by atoms with van der Waals surface area (Å²) in [5, 5.41) is 9.51. The molecule has 3 N–H and O–H groups in total. The van der Waals surface area contributed by atoms with Crippen molar-refractivity contribution in [2.45, 2.75) is 6.92 Å². The van der Waals surface area contributed by atoms with Gasteiger partial charge in [0.05, 0.1) is 13.7 Å². The molecule has 0 spiro atoms. The molecule has 6 nitrogen and oxygen atoms in total. The Morgan fingerprint density at radius 3 is 1.73 bits per heavy atom. The smallest absolute Gasteiger partial charge is 0.255 e. The molecule has 154 valence electrons. The van der Waals surface area contributed by atoms with Crippen LogP contribution in [0.5, 0.6) is 11.5 Å². The van der Waals surface area contributed by atoms with Gasteiger partial charge in [-0.2, -0.15) is 0 Å². The quantitative estimate of drug-likeness (QED) is 0.458. The van der Waals surface area contributed by atoms with Crippen LogP contribution < -0.4 is 25.4 Å². The summed E-state index contributed by atoms with van der Waals surface area (Å²) in [5.74, 6) is 1.35. The van der Waals surface area contributed by atoms with Crippen molar-refractivity contribution in [3.63, 3.8) is 0 Å². The fourth-order valence-corrected chi connectivity index (χ4v) is 2.91. The lowest BCUT2D eigenvalue weighted by atomic mass is 10.2. The molecule has 0 aliphatic carbocycles. The van der Waals surface area contributed by atoms with Gasteiger partial charge in [-0.1, -0.05) is 0 Å². The third-order valence-corrected chi connectivity index (χ3v) is 4.38. The first kappa shape index (κ1) is 21.1. The zero-order valence-electron chi connectivity index (χ0n) is 16.8. The van der Waals surface area contributed by atoms with Gasteiger partial charge in [0.2, 0.25) is 0 Å². The van der Waals surface area contributed by atoms with E-state index in [2.05, 4.69) is 16.0 Å². The molecule has 1 amide bonds. The normalized spacial score (nSPS) is 10.1. The van der Waals surface area contributed by atoms with Crippen LogP contribution in [0.15, 0.2) is 72.8 Å². The van der Waals surface area contributed by atoms with E-state index in [-0.39, 0.29) is 5.91 Å². The number of hydrogen-bond acceptors (Lipinski definition) is 4. The van der Waals surface area contributed by atoms with Gasteiger partial charge >= 0.3 is 0 Å². The third-order valence-electron chi connectivity index (χ3n) is 4.18. The van der Waals surface area contributed by atoms with Crippen molar-refractivity contribution in [2.75, 3.05) is 29.7 Å². The summed E-state index contributed by atoms with van der Waals surface area (Å²) in [5.41, 5.74) is 2.87. The largest absolute Gasteiger partial charge is 0.497 e. The van der Waals surface area contributed by atoms with Crippen molar-refractivity contribution in [1.82, 2.24) is 0 Å². The van der Waals surface area contributed by atoms with Crippen LogP contribution in [0.3, 0.4) is 0 Å². The maximum atomic E-state index is 12.4. The first-order valence-corrected chi connectivity index (χ1v) is 9.84. The molecular formula is C23H23N3O3S. The molecular weight excluding hydrogens is 398 g/mol. The van der Waals surface area contributed by atoms with Gasteiger partial charge < -0.3 is 25.4 Å². The second kappa shape index (κ2) is 10.3. The van der Waals surface area contributed by atoms with Crippen LogP contribution in [0.1, 0.15) is 17.3 Å². The van der Waals surface area contributed by atoms with Crippen molar-refractivity contribution in [3.8, 4) is 11.5 Å². The number of methoxy groups -OCH3 is 1. The molecule has 3 aromatic rings. The minimum Gasteiger partial charge on any atom is -0.497 e. The van der Waals surface area contributed by atoms with Crippen LogP contribution in [0.25, 0.3) is 0 Å².